The normalized spacial score (nSPS) is 22.5. The van der Waals surface area contributed by atoms with Crippen LogP contribution in [0, 0.1) is 17.1 Å². The molecule has 0 saturated carbocycles. The molecule has 7 nitrogen and oxygen atoms in total. The first-order valence-electron chi connectivity index (χ1n) is 11.2. The van der Waals surface area contributed by atoms with E-state index in [-0.39, 0.29) is 42.4 Å². The molecule has 33 heavy (non-hydrogen) atoms. The van der Waals surface area contributed by atoms with Gasteiger partial charge < -0.3 is 15.4 Å². The van der Waals surface area contributed by atoms with Gasteiger partial charge in [0.2, 0.25) is 5.91 Å². The summed E-state index contributed by atoms with van der Waals surface area (Å²) in [5.41, 5.74) is 1.00. The number of para-hydroxylation sites is 1. The first-order valence-corrected chi connectivity index (χ1v) is 11.2. The first kappa shape index (κ1) is 22.8. The number of hydrogen-bond donors (Lipinski definition) is 3. The van der Waals surface area contributed by atoms with Crippen molar-refractivity contribution in [2.75, 3.05) is 6.61 Å². The third-order valence-electron chi connectivity index (χ3n) is 6.59. The lowest BCUT2D eigenvalue weighted by atomic mass is 9.83. The molecule has 0 unspecified atom stereocenters. The van der Waals surface area contributed by atoms with E-state index in [4.69, 9.17) is 10.1 Å². The number of nitrogens with zero attached hydrogens (tertiary/aromatic N) is 1. The molecule has 0 radical (unpaired) electrons. The van der Waals surface area contributed by atoms with E-state index in [1.807, 2.05) is 45.0 Å². The first-order chi connectivity index (χ1) is 15.7. The van der Waals surface area contributed by atoms with Crippen LogP contribution in [-0.2, 0) is 11.3 Å². The van der Waals surface area contributed by atoms with Crippen molar-refractivity contribution in [2.24, 2.45) is 5.92 Å². The van der Waals surface area contributed by atoms with Crippen molar-refractivity contribution in [1.82, 2.24) is 15.5 Å². The number of halogens is 1. The minimum absolute atomic E-state index is 0.0109. The molecule has 2 aromatic rings. The fourth-order valence-electron chi connectivity index (χ4n) is 4.22. The number of nitrogens with one attached hydrogen (secondary N) is 3. The third kappa shape index (κ3) is 4.69. The van der Waals surface area contributed by atoms with Crippen molar-refractivity contribution in [1.29, 1.82) is 5.41 Å². The summed E-state index contributed by atoms with van der Waals surface area (Å²) in [4.78, 5) is 27.0. The second-order valence-corrected chi connectivity index (χ2v) is 9.25. The van der Waals surface area contributed by atoms with Crippen LogP contribution in [0.1, 0.15) is 61.1 Å². The average molecular weight is 453 g/mol. The van der Waals surface area contributed by atoms with Gasteiger partial charge >= 0.3 is 0 Å². The highest BCUT2D eigenvalue weighted by atomic mass is 19.1. The van der Waals surface area contributed by atoms with Gasteiger partial charge in [-0.1, -0.05) is 32.0 Å². The fraction of sp³-hybridized carbons (Fsp3) is 0.400. The number of amides is 2. The molecule has 1 saturated heterocycles. The Balaban J connectivity index is 1.50. The van der Waals surface area contributed by atoms with Crippen LogP contribution >= 0.6 is 0 Å². The molecular weight excluding hydrogens is 423 g/mol. The molecule has 8 heteroatoms. The average Bonchev–Trinajstić information content (AvgIpc) is 2.76. The Morgan fingerprint density at radius 1 is 1.33 bits per heavy atom. The second-order valence-electron chi connectivity index (χ2n) is 9.25. The van der Waals surface area contributed by atoms with E-state index in [0.717, 1.165) is 11.3 Å². The predicted molar refractivity (Wildman–Crippen MR) is 122 cm³/mol. The zero-order valence-electron chi connectivity index (χ0n) is 19.1. The number of carbonyl (C=O) groups excluding carboxylic acids is 2. The number of ether oxygens (including phenoxy) is 1. The van der Waals surface area contributed by atoms with E-state index >= 15 is 0 Å². The van der Waals surface area contributed by atoms with Crippen LogP contribution in [-0.4, -0.2) is 34.8 Å². The number of carbonyl (C=O) groups is 2. The minimum atomic E-state index is -0.569. The van der Waals surface area contributed by atoms with Gasteiger partial charge in [-0.05, 0) is 42.7 Å². The molecule has 2 amide bonds. The topological polar surface area (TPSA) is 94.5 Å². The summed E-state index contributed by atoms with van der Waals surface area (Å²) in [6.45, 7) is 6.41. The molecule has 0 aromatic heterocycles. The van der Waals surface area contributed by atoms with Crippen LogP contribution in [0.25, 0.3) is 0 Å². The summed E-state index contributed by atoms with van der Waals surface area (Å²) in [7, 11) is 0. The van der Waals surface area contributed by atoms with Crippen molar-refractivity contribution in [3.05, 3.63) is 65.0 Å². The summed E-state index contributed by atoms with van der Waals surface area (Å²) in [5.74, 6) is -0.301. The maximum Gasteiger partial charge on any atom is 0.251 e. The highest BCUT2D eigenvalue weighted by Crippen LogP contribution is 2.32. The lowest BCUT2D eigenvalue weighted by Crippen LogP contribution is -2.62. The van der Waals surface area contributed by atoms with Gasteiger partial charge in [-0.15, -0.1) is 0 Å². The van der Waals surface area contributed by atoms with Gasteiger partial charge in [0.25, 0.3) is 5.91 Å². The van der Waals surface area contributed by atoms with Crippen LogP contribution in [0.5, 0.6) is 5.75 Å². The van der Waals surface area contributed by atoms with Gasteiger partial charge in [-0.2, -0.15) is 0 Å². The molecule has 2 aliphatic rings. The Labute approximate surface area is 192 Å². The van der Waals surface area contributed by atoms with E-state index in [0.29, 0.717) is 18.6 Å². The Morgan fingerprint density at radius 2 is 2.09 bits per heavy atom. The van der Waals surface area contributed by atoms with Crippen LogP contribution < -0.4 is 15.4 Å². The van der Waals surface area contributed by atoms with E-state index < -0.39 is 17.3 Å². The Morgan fingerprint density at radius 3 is 2.82 bits per heavy atom. The van der Waals surface area contributed by atoms with Crippen molar-refractivity contribution < 1.29 is 18.7 Å². The van der Waals surface area contributed by atoms with Crippen LogP contribution in [0.2, 0.25) is 0 Å². The standard InChI is InChI=1S/C25H29FN4O3/c1-15(2)25(3)13-22(31)30(24(27)29-25)14-16-10-17(12-18(26)11-16)23(32)28-20-8-9-33-21-7-5-4-6-19(20)21/h4-7,10-12,15,20H,8-9,13-14H2,1-3H3,(H2,27,29)(H,28,32)/t20-,25-/m0/s1. The lowest BCUT2D eigenvalue weighted by molar-refractivity contribution is -0.131. The molecule has 4 rings (SSSR count). The van der Waals surface area contributed by atoms with Gasteiger partial charge in [0.15, 0.2) is 5.96 Å². The second kappa shape index (κ2) is 8.84. The highest BCUT2D eigenvalue weighted by Gasteiger charge is 2.40. The molecule has 0 bridgehead atoms. The van der Waals surface area contributed by atoms with Crippen LogP contribution in [0.4, 0.5) is 4.39 Å². The molecule has 2 heterocycles. The van der Waals surface area contributed by atoms with Crippen molar-refractivity contribution >= 4 is 17.8 Å². The summed E-state index contributed by atoms with van der Waals surface area (Å²) in [6.07, 6.45) is 0.851. The summed E-state index contributed by atoms with van der Waals surface area (Å²) >= 11 is 0. The maximum atomic E-state index is 14.4. The fourth-order valence-corrected chi connectivity index (χ4v) is 4.22. The monoisotopic (exact) mass is 452 g/mol. The van der Waals surface area contributed by atoms with Crippen LogP contribution in [0.3, 0.4) is 0 Å². The number of hydrogen-bond acceptors (Lipinski definition) is 4. The minimum Gasteiger partial charge on any atom is -0.493 e. The smallest absolute Gasteiger partial charge is 0.251 e. The highest BCUT2D eigenvalue weighted by molar-refractivity contribution is 5.99. The maximum absolute atomic E-state index is 14.4. The Bertz CT molecular complexity index is 1080. The zero-order valence-corrected chi connectivity index (χ0v) is 19.1. The predicted octanol–water partition coefficient (Wildman–Crippen LogP) is 3.75. The van der Waals surface area contributed by atoms with Gasteiger partial charge in [0.05, 0.1) is 25.6 Å². The molecule has 174 valence electrons. The molecular formula is C25H29FN4O3. The number of fused-ring (bicyclic) bond motifs is 1. The number of guanidine groups is 1. The van der Waals surface area contributed by atoms with E-state index in [2.05, 4.69) is 10.6 Å². The van der Waals surface area contributed by atoms with Gasteiger partial charge in [0, 0.05) is 23.1 Å². The Hall–Kier alpha value is -3.42. The van der Waals surface area contributed by atoms with Crippen molar-refractivity contribution in [3.8, 4) is 5.75 Å². The molecule has 3 N–H and O–H groups in total. The SMILES string of the molecule is CC(C)[C@]1(C)CC(=O)N(Cc2cc(F)cc(C(=O)N[C@H]3CCOc4ccccc43)c2)C(=N)N1. The van der Waals surface area contributed by atoms with Gasteiger partial charge in [0.1, 0.15) is 11.6 Å². The molecule has 0 aliphatic carbocycles. The van der Waals surface area contributed by atoms with Crippen LogP contribution in [0.15, 0.2) is 42.5 Å². The lowest BCUT2D eigenvalue weighted by Gasteiger charge is -2.43. The molecule has 2 aliphatic heterocycles. The van der Waals surface area contributed by atoms with E-state index in [9.17, 15) is 14.0 Å². The molecule has 0 spiro atoms. The number of rotatable bonds is 5. The van der Waals surface area contributed by atoms with E-state index in [1.165, 1.54) is 17.0 Å². The van der Waals surface area contributed by atoms with E-state index in [1.54, 1.807) is 6.07 Å². The quantitative estimate of drug-likeness (QED) is 0.644. The summed E-state index contributed by atoms with van der Waals surface area (Å²) < 4.78 is 20.0. The van der Waals surface area contributed by atoms with Gasteiger partial charge in [-0.25, -0.2) is 4.39 Å². The largest absolute Gasteiger partial charge is 0.493 e. The van der Waals surface area contributed by atoms with Gasteiger partial charge in [-0.3, -0.25) is 19.9 Å². The molecule has 1 fully saturated rings. The zero-order chi connectivity index (χ0) is 23.8. The number of benzene rings is 2. The molecule has 2 atom stereocenters. The summed E-state index contributed by atoms with van der Waals surface area (Å²) in [6, 6.07) is 11.3. The van der Waals surface area contributed by atoms with Crippen molar-refractivity contribution in [2.45, 2.75) is 51.7 Å². The summed E-state index contributed by atoms with van der Waals surface area (Å²) in [5, 5.41) is 14.4. The third-order valence-corrected chi connectivity index (χ3v) is 6.59. The Kier molecular flexibility index (Phi) is 6.10. The van der Waals surface area contributed by atoms with Crippen molar-refractivity contribution in [3.63, 3.8) is 0 Å². The molecule has 2 aromatic carbocycles.